The third-order valence-electron chi connectivity index (χ3n) is 2.87. The summed E-state index contributed by atoms with van der Waals surface area (Å²) >= 11 is 9.66. The standard InChI is InChI=1S/C15H19BrClN3/c1-15(2,3)19-7-6-14-18-9-13(20-14)11-5-4-10(16)8-12(11)17/h4-5,8-9,19H,6-7H2,1-3H3,(H,18,20). The number of H-pyrrole nitrogens is 1. The lowest BCUT2D eigenvalue weighted by Gasteiger charge is -2.19. The van der Waals surface area contributed by atoms with Gasteiger partial charge in [-0.05, 0) is 32.9 Å². The van der Waals surface area contributed by atoms with Gasteiger partial charge in [0.05, 0.1) is 16.9 Å². The van der Waals surface area contributed by atoms with E-state index in [0.717, 1.165) is 34.5 Å². The Kier molecular flexibility index (Phi) is 4.89. The van der Waals surface area contributed by atoms with E-state index in [4.69, 9.17) is 11.6 Å². The fourth-order valence-electron chi connectivity index (χ4n) is 1.89. The van der Waals surface area contributed by atoms with Crippen LogP contribution < -0.4 is 5.32 Å². The minimum Gasteiger partial charge on any atom is -0.342 e. The molecule has 0 saturated heterocycles. The van der Waals surface area contributed by atoms with Gasteiger partial charge in [-0.1, -0.05) is 33.6 Å². The molecule has 0 fully saturated rings. The van der Waals surface area contributed by atoms with E-state index in [2.05, 4.69) is 52.0 Å². The number of rotatable bonds is 4. The summed E-state index contributed by atoms with van der Waals surface area (Å²) in [6.45, 7) is 7.36. The second-order valence-corrected chi connectivity index (χ2v) is 7.12. The van der Waals surface area contributed by atoms with Crippen LogP contribution >= 0.6 is 27.5 Å². The highest BCUT2D eigenvalue weighted by Crippen LogP contribution is 2.29. The molecule has 0 spiro atoms. The van der Waals surface area contributed by atoms with Crippen molar-refractivity contribution in [1.29, 1.82) is 0 Å². The van der Waals surface area contributed by atoms with Gasteiger partial charge in [0.25, 0.3) is 0 Å². The van der Waals surface area contributed by atoms with E-state index in [1.165, 1.54) is 0 Å². The summed E-state index contributed by atoms with van der Waals surface area (Å²) in [5, 5.41) is 4.16. The molecule has 0 amide bonds. The zero-order valence-electron chi connectivity index (χ0n) is 11.9. The summed E-state index contributed by atoms with van der Waals surface area (Å²) < 4.78 is 0.973. The smallest absolute Gasteiger partial charge is 0.107 e. The highest BCUT2D eigenvalue weighted by molar-refractivity contribution is 9.10. The van der Waals surface area contributed by atoms with E-state index in [1.54, 1.807) is 0 Å². The maximum atomic E-state index is 6.25. The molecule has 20 heavy (non-hydrogen) atoms. The number of hydrogen-bond acceptors (Lipinski definition) is 2. The lowest BCUT2D eigenvalue weighted by Crippen LogP contribution is -2.37. The van der Waals surface area contributed by atoms with E-state index in [1.807, 2.05) is 24.4 Å². The molecule has 5 heteroatoms. The minimum absolute atomic E-state index is 0.129. The minimum atomic E-state index is 0.129. The van der Waals surface area contributed by atoms with E-state index in [0.29, 0.717) is 5.02 Å². The molecule has 2 N–H and O–H groups in total. The van der Waals surface area contributed by atoms with E-state index in [-0.39, 0.29) is 5.54 Å². The molecule has 0 atom stereocenters. The Morgan fingerprint density at radius 2 is 2.10 bits per heavy atom. The number of aromatic amines is 1. The molecule has 0 aliphatic heterocycles. The molecule has 2 aromatic rings. The first-order chi connectivity index (χ1) is 9.35. The van der Waals surface area contributed by atoms with Crippen LogP contribution in [0.2, 0.25) is 5.02 Å². The van der Waals surface area contributed by atoms with Crippen molar-refractivity contribution in [2.24, 2.45) is 0 Å². The van der Waals surface area contributed by atoms with Crippen LogP contribution in [0.3, 0.4) is 0 Å². The van der Waals surface area contributed by atoms with Gasteiger partial charge in [-0.25, -0.2) is 4.98 Å². The summed E-state index contributed by atoms with van der Waals surface area (Å²) in [4.78, 5) is 7.73. The van der Waals surface area contributed by atoms with Gasteiger partial charge < -0.3 is 10.3 Å². The van der Waals surface area contributed by atoms with E-state index < -0.39 is 0 Å². The van der Waals surface area contributed by atoms with Crippen molar-refractivity contribution in [3.63, 3.8) is 0 Å². The Morgan fingerprint density at radius 1 is 1.35 bits per heavy atom. The Labute approximate surface area is 133 Å². The van der Waals surface area contributed by atoms with Crippen LogP contribution in [0, 0.1) is 0 Å². The normalized spacial score (nSPS) is 11.8. The number of aromatic nitrogens is 2. The second-order valence-electron chi connectivity index (χ2n) is 5.79. The number of nitrogens with one attached hydrogen (secondary N) is 2. The maximum Gasteiger partial charge on any atom is 0.107 e. The van der Waals surface area contributed by atoms with Crippen LogP contribution in [-0.4, -0.2) is 22.1 Å². The van der Waals surface area contributed by atoms with Crippen molar-refractivity contribution >= 4 is 27.5 Å². The van der Waals surface area contributed by atoms with Gasteiger partial charge in [-0.2, -0.15) is 0 Å². The number of nitrogens with zero attached hydrogens (tertiary/aromatic N) is 1. The van der Waals surface area contributed by atoms with Crippen LogP contribution in [0.4, 0.5) is 0 Å². The Bertz CT molecular complexity index is 587. The SMILES string of the molecule is CC(C)(C)NCCc1ncc(-c2ccc(Br)cc2Cl)[nH]1. The van der Waals surface area contributed by atoms with Gasteiger partial charge >= 0.3 is 0 Å². The zero-order chi connectivity index (χ0) is 14.8. The lowest BCUT2D eigenvalue weighted by molar-refractivity contribution is 0.427. The van der Waals surface area contributed by atoms with Gasteiger partial charge in [0, 0.05) is 28.5 Å². The molecule has 0 bridgehead atoms. The van der Waals surface area contributed by atoms with E-state index >= 15 is 0 Å². The third-order valence-corrected chi connectivity index (χ3v) is 3.67. The van der Waals surface area contributed by atoms with Crippen molar-refractivity contribution in [3.8, 4) is 11.3 Å². The fraction of sp³-hybridized carbons (Fsp3) is 0.400. The Hall–Kier alpha value is -0.840. The Balaban J connectivity index is 2.05. The molecule has 1 aromatic carbocycles. The molecule has 0 radical (unpaired) electrons. The van der Waals surface area contributed by atoms with Gasteiger partial charge in [-0.15, -0.1) is 0 Å². The molecule has 2 rings (SSSR count). The van der Waals surface area contributed by atoms with Crippen LogP contribution in [0.25, 0.3) is 11.3 Å². The van der Waals surface area contributed by atoms with Crippen LogP contribution in [-0.2, 0) is 6.42 Å². The quantitative estimate of drug-likeness (QED) is 0.851. The first kappa shape index (κ1) is 15.5. The maximum absolute atomic E-state index is 6.25. The molecule has 1 heterocycles. The van der Waals surface area contributed by atoms with Gasteiger partial charge in [0.2, 0.25) is 0 Å². The lowest BCUT2D eigenvalue weighted by atomic mass is 10.1. The average molecular weight is 357 g/mol. The van der Waals surface area contributed by atoms with Gasteiger partial charge in [0.15, 0.2) is 0 Å². The van der Waals surface area contributed by atoms with Crippen molar-refractivity contribution < 1.29 is 0 Å². The predicted molar refractivity (Wildman–Crippen MR) is 88.2 cm³/mol. The molecule has 0 aliphatic carbocycles. The molecule has 0 aliphatic rings. The van der Waals surface area contributed by atoms with Crippen molar-refractivity contribution in [3.05, 3.63) is 39.7 Å². The van der Waals surface area contributed by atoms with E-state index in [9.17, 15) is 0 Å². The number of imidazole rings is 1. The largest absolute Gasteiger partial charge is 0.342 e. The summed E-state index contributed by atoms with van der Waals surface area (Å²) in [5.74, 6) is 0.968. The molecule has 3 nitrogen and oxygen atoms in total. The topological polar surface area (TPSA) is 40.7 Å². The summed E-state index contributed by atoms with van der Waals surface area (Å²) in [6, 6.07) is 5.85. The second kappa shape index (κ2) is 6.29. The third kappa shape index (κ3) is 4.33. The zero-order valence-corrected chi connectivity index (χ0v) is 14.3. The first-order valence-electron chi connectivity index (χ1n) is 6.59. The molecule has 0 unspecified atom stereocenters. The first-order valence-corrected chi connectivity index (χ1v) is 7.76. The molecular weight excluding hydrogens is 338 g/mol. The molecular formula is C15H19BrClN3. The van der Waals surface area contributed by atoms with Crippen LogP contribution in [0.15, 0.2) is 28.9 Å². The van der Waals surface area contributed by atoms with Gasteiger partial charge in [0.1, 0.15) is 5.82 Å². The fourth-order valence-corrected chi connectivity index (χ4v) is 2.67. The number of halogens is 2. The molecule has 1 aromatic heterocycles. The van der Waals surface area contributed by atoms with Crippen molar-refractivity contribution in [1.82, 2.24) is 15.3 Å². The Morgan fingerprint density at radius 3 is 2.75 bits per heavy atom. The monoisotopic (exact) mass is 355 g/mol. The van der Waals surface area contributed by atoms with Crippen molar-refractivity contribution in [2.75, 3.05) is 6.54 Å². The van der Waals surface area contributed by atoms with Crippen LogP contribution in [0.5, 0.6) is 0 Å². The summed E-state index contributed by atoms with van der Waals surface area (Å²) in [7, 11) is 0. The summed E-state index contributed by atoms with van der Waals surface area (Å²) in [6.07, 6.45) is 2.70. The summed E-state index contributed by atoms with van der Waals surface area (Å²) in [5.41, 5.74) is 2.05. The number of benzene rings is 1. The predicted octanol–water partition coefficient (Wildman–Crippen LogP) is 4.42. The van der Waals surface area contributed by atoms with Crippen LogP contribution in [0.1, 0.15) is 26.6 Å². The highest BCUT2D eigenvalue weighted by atomic mass is 79.9. The molecule has 108 valence electrons. The average Bonchev–Trinajstić information content (AvgIpc) is 2.75. The highest BCUT2D eigenvalue weighted by Gasteiger charge is 2.10. The van der Waals surface area contributed by atoms with Crippen molar-refractivity contribution in [2.45, 2.75) is 32.7 Å². The number of hydrogen-bond donors (Lipinski definition) is 2. The van der Waals surface area contributed by atoms with Gasteiger partial charge in [-0.3, -0.25) is 0 Å². The molecule has 0 saturated carbocycles.